The second-order valence-electron chi connectivity index (χ2n) is 7.05. The minimum atomic E-state index is -4.66. The van der Waals surface area contributed by atoms with Gasteiger partial charge in [0.1, 0.15) is 11.5 Å². The van der Waals surface area contributed by atoms with Gasteiger partial charge in [-0.15, -0.1) is 10.2 Å². The number of rotatable bonds is 9. The molecule has 3 rings (SSSR count). The van der Waals surface area contributed by atoms with Gasteiger partial charge in [-0.2, -0.15) is 13.2 Å². The molecule has 0 aliphatic heterocycles. The van der Waals surface area contributed by atoms with Crippen molar-refractivity contribution in [2.24, 2.45) is 0 Å². The van der Waals surface area contributed by atoms with Crippen LogP contribution in [0.3, 0.4) is 0 Å². The Hall–Kier alpha value is -2.92. The number of nitrogens with zero attached hydrogens (tertiary/aromatic N) is 3. The van der Waals surface area contributed by atoms with Gasteiger partial charge in [0, 0.05) is 17.6 Å². The number of alkyl halides is 3. The van der Waals surface area contributed by atoms with E-state index in [4.69, 9.17) is 21.1 Å². The lowest BCUT2D eigenvalue weighted by Crippen LogP contribution is -2.18. The van der Waals surface area contributed by atoms with Crippen molar-refractivity contribution in [2.75, 3.05) is 18.2 Å². The van der Waals surface area contributed by atoms with Crippen LogP contribution in [-0.4, -0.2) is 33.5 Å². The van der Waals surface area contributed by atoms with Crippen molar-refractivity contribution in [3.63, 3.8) is 0 Å². The maximum atomic E-state index is 13.2. The van der Waals surface area contributed by atoms with Gasteiger partial charge < -0.3 is 19.4 Å². The standard InChI is InChI=1S/C22H22ClF3N4O3S/c1-4-30-20(13(2)33-16-7-5-6-15(11-16)32-3)28-29-21(30)34-12-19(31)27-18-9-8-14(23)10-17(18)22(24,25)26/h5-11,13H,4,12H2,1-3H3,(H,27,31). The van der Waals surface area contributed by atoms with E-state index in [9.17, 15) is 18.0 Å². The van der Waals surface area contributed by atoms with E-state index >= 15 is 0 Å². The number of aromatic nitrogens is 3. The number of halogens is 4. The molecule has 0 saturated heterocycles. The Morgan fingerprint density at radius 3 is 2.62 bits per heavy atom. The van der Waals surface area contributed by atoms with Crippen molar-refractivity contribution in [1.82, 2.24) is 14.8 Å². The molecule has 1 N–H and O–H groups in total. The van der Waals surface area contributed by atoms with Gasteiger partial charge in [-0.1, -0.05) is 29.4 Å². The number of methoxy groups -OCH3 is 1. The Morgan fingerprint density at radius 1 is 1.21 bits per heavy atom. The fraction of sp³-hybridized carbons (Fsp3) is 0.318. The topological polar surface area (TPSA) is 78.3 Å². The van der Waals surface area contributed by atoms with E-state index in [1.54, 1.807) is 35.9 Å². The zero-order chi connectivity index (χ0) is 24.9. The van der Waals surface area contributed by atoms with Gasteiger partial charge in [-0.25, -0.2) is 0 Å². The van der Waals surface area contributed by atoms with Crippen LogP contribution in [0, 0.1) is 0 Å². The number of ether oxygens (including phenoxy) is 2. The first-order chi connectivity index (χ1) is 16.1. The molecular weight excluding hydrogens is 493 g/mol. The van der Waals surface area contributed by atoms with Crippen LogP contribution in [0.5, 0.6) is 11.5 Å². The lowest BCUT2D eigenvalue weighted by atomic mass is 10.1. The van der Waals surface area contributed by atoms with E-state index in [-0.39, 0.29) is 16.5 Å². The largest absolute Gasteiger partial charge is 0.497 e. The van der Waals surface area contributed by atoms with Crippen molar-refractivity contribution >= 4 is 35.0 Å². The van der Waals surface area contributed by atoms with Crippen LogP contribution >= 0.6 is 23.4 Å². The van der Waals surface area contributed by atoms with Crippen LogP contribution < -0.4 is 14.8 Å². The summed E-state index contributed by atoms with van der Waals surface area (Å²) in [6.45, 7) is 4.21. The lowest BCUT2D eigenvalue weighted by Gasteiger charge is -2.16. The highest BCUT2D eigenvalue weighted by atomic mass is 35.5. The smallest absolute Gasteiger partial charge is 0.418 e. The third kappa shape index (κ3) is 6.35. The first-order valence-electron chi connectivity index (χ1n) is 10.2. The van der Waals surface area contributed by atoms with Crippen molar-refractivity contribution < 1.29 is 27.4 Å². The Labute approximate surface area is 203 Å². The van der Waals surface area contributed by atoms with Crippen molar-refractivity contribution in [2.45, 2.75) is 37.8 Å². The molecule has 1 amide bonds. The fourth-order valence-corrected chi connectivity index (χ4v) is 4.09. The Balaban J connectivity index is 1.67. The molecule has 7 nitrogen and oxygen atoms in total. The lowest BCUT2D eigenvalue weighted by molar-refractivity contribution is -0.137. The minimum Gasteiger partial charge on any atom is -0.497 e. The van der Waals surface area contributed by atoms with Gasteiger partial charge in [-0.3, -0.25) is 4.79 Å². The summed E-state index contributed by atoms with van der Waals surface area (Å²) in [5.74, 6) is 1.01. The monoisotopic (exact) mass is 514 g/mol. The van der Waals surface area contributed by atoms with Crippen LogP contribution in [0.25, 0.3) is 0 Å². The molecule has 3 aromatic rings. The van der Waals surface area contributed by atoms with E-state index in [0.29, 0.717) is 29.0 Å². The highest BCUT2D eigenvalue weighted by Gasteiger charge is 2.34. The third-order valence-corrected chi connectivity index (χ3v) is 5.87. The average Bonchev–Trinajstić information content (AvgIpc) is 3.21. The molecule has 0 aliphatic rings. The summed E-state index contributed by atoms with van der Waals surface area (Å²) in [5.41, 5.74) is -1.37. The summed E-state index contributed by atoms with van der Waals surface area (Å²) >= 11 is 6.74. The van der Waals surface area contributed by atoms with Crippen LogP contribution in [0.1, 0.15) is 31.3 Å². The number of benzene rings is 2. The van der Waals surface area contributed by atoms with Gasteiger partial charge in [0.05, 0.1) is 24.1 Å². The molecule has 0 saturated carbocycles. The molecule has 0 aliphatic carbocycles. The molecule has 1 heterocycles. The third-order valence-electron chi connectivity index (χ3n) is 4.67. The molecule has 1 unspecified atom stereocenters. The van der Waals surface area contributed by atoms with Gasteiger partial charge >= 0.3 is 6.18 Å². The Morgan fingerprint density at radius 2 is 1.94 bits per heavy atom. The van der Waals surface area contributed by atoms with Gasteiger partial charge in [0.15, 0.2) is 17.1 Å². The fourth-order valence-electron chi connectivity index (χ4n) is 3.11. The normalized spacial score (nSPS) is 12.3. The maximum Gasteiger partial charge on any atom is 0.418 e. The highest BCUT2D eigenvalue weighted by molar-refractivity contribution is 7.99. The van der Waals surface area contributed by atoms with E-state index in [0.717, 1.165) is 23.9 Å². The molecular formula is C22H22ClF3N4O3S. The maximum absolute atomic E-state index is 13.2. The van der Waals surface area contributed by atoms with Crippen LogP contribution in [0.15, 0.2) is 47.6 Å². The zero-order valence-electron chi connectivity index (χ0n) is 18.5. The number of anilines is 1. The summed E-state index contributed by atoms with van der Waals surface area (Å²) in [7, 11) is 1.56. The predicted molar refractivity (Wildman–Crippen MR) is 124 cm³/mol. The molecule has 34 heavy (non-hydrogen) atoms. The summed E-state index contributed by atoms with van der Waals surface area (Å²) in [5, 5.41) is 11.0. The van der Waals surface area contributed by atoms with Gasteiger partial charge in [0.2, 0.25) is 5.91 Å². The van der Waals surface area contributed by atoms with Crippen molar-refractivity contribution in [1.29, 1.82) is 0 Å². The molecule has 0 fully saturated rings. The molecule has 1 aromatic heterocycles. The van der Waals surface area contributed by atoms with E-state index in [2.05, 4.69) is 15.5 Å². The molecule has 2 aromatic carbocycles. The van der Waals surface area contributed by atoms with Crippen molar-refractivity contribution in [3.05, 3.63) is 58.9 Å². The van der Waals surface area contributed by atoms with Gasteiger partial charge in [-0.05, 0) is 44.2 Å². The molecule has 1 atom stereocenters. The second kappa shape index (κ2) is 11.0. The van der Waals surface area contributed by atoms with E-state index in [1.165, 1.54) is 6.07 Å². The zero-order valence-corrected chi connectivity index (χ0v) is 20.1. The SMILES string of the molecule is CCn1c(SCC(=O)Nc2ccc(Cl)cc2C(F)(F)F)nnc1C(C)Oc1cccc(OC)c1. The number of thioether (sulfide) groups is 1. The Kier molecular flexibility index (Phi) is 8.32. The quantitative estimate of drug-likeness (QED) is 0.361. The van der Waals surface area contributed by atoms with Crippen LogP contribution in [0.4, 0.5) is 18.9 Å². The summed E-state index contributed by atoms with van der Waals surface area (Å²) < 4.78 is 52.7. The summed E-state index contributed by atoms with van der Waals surface area (Å²) in [6.07, 6.45) is -5.11. The molecule has 0 bridgehead atoms. The highest BCUT2D eigenvalue weighted by Crippen LogP contribution is 2.36. The first-order valence-corrected chi connectivity index (χ1v) is 11.5. The van der Waals surface area contributed by atoms with Gasteiger partial charge in [0.25, 0.3) is 0 Å². The number of hydrogen-bond donors (Lipinski definition) is 1. The molecule has 182 valence electrons. The first kappa shape index (κ1) is 25.7. The van der Waals surface area contributed by atoms with Crippen LogP contribution in [-0.2, 0) is 17.5 Å². The van der Waals surface area contributed by atoms with Crippen molar-refractivity contribution in [3.8, 4) is 11.5 Å². The van der Waals surface area contributed by atoms with Crippen LogP contribution in [0.2, 0.25) is 5.02 Å². The van der Waals surface area contributed by atoms with E-state index < -0.39 is 23.8 Å². The summed E-state index contributed by atoms with van der Waals surface area (Å²) in [4.78, 5) is 12.4. The summed E-state index contributed by atoms with van der Waals surface area (Å²) in [6, 6.07) is 10.3. The molecule has 12 heteroatoms. The Bertz CT molecular complexity index is 1160. The number of hydrogen-bond acceptors (Lipinski definition) is 6. The number of carbonyl (C=O) groups is 1. The molecule has 0 radical (unpaired) electrons. The number of amides is 1. The number of carbonyl (C=O) groups excluding carboxylic acids is 1. The minimum absolute atomic E-state index is 0.0754. The number of nitrogens with one attached hydrogen (secondary N) is 1. The average molecular weight is 515 g/mol. The second-order valence-corrected chi connectivity index (χ2v) is 8.43. The van der Waals surface area contributed by atoms with E-state index in [1.807, 2.05) is 13.8 Å². The predicted octanol–water partition coefficient (Wildman–Crippen LogP) is 5.85. The molecule has 0 spiro atoms.